The van der Waals surface area contributed by atoms with Crippen molar-refractivity contribution in [2.24, 2.45) is 0 Å². The van der Waals surface area contributed by atoms with Gasteiger partial charge in [-0.15, -0.1) is 0 Å². The predicted molar refractivity (Wildman–Crippen MR) is 95.9 cm³/mol. The number of hydrogen-bond donors (Lipinski definition) is 0. The maximum absolute atomic E-state index is 13.4. The van der Waals surface area contributed by atoms with Crippen LogP contribution in [0, 0.1) is 5.82 Å². The number of hydrogen-bond acceptors (Lipinski definition) is 5. The molecule has 6 nitrogen and oxygen atoms in total. The summed E-state index contributed by atoms with van der Waals surface area (Å²) >= 11 is 0. The molecule has 3 aromatic rings. The lowest BCUT2D eigenvalue weighted by Gasteiger charge is -2.33. The first kappa shape index (κ1) is 17.3. The van der Waals surface area contributed by atoms with Crippen molar-refractivity contribution in [1.29, 1.82) is 0 Å². The van der Waals surface area contributed by atoms with Crippen LogP contribution in [0.25, 0.3) is 11.4 Å². The Balaban J connectivity index is 1.54. The lowest BCUT2D eigenvalue weighted by atomic mass is 10.0. The summed E-state index contributed by atoms with van der Waals surface area (Å²) in [5.74, 6) is 0.521. The Kier molecular flexibility index (Phi) is 4.91. The Morgan fingerprint density at radius 3 is 2.89 bits per heavy atom. The van der Waals surface area contributed by atoms with Crippen LogP contribution in [-0.4, -0.2) is 32.5 Å². The van der Waals surface area contributed by atoms with Crippen LogP contribution in [0.2, 0.25) is 0 Å². The SMILES string of the molecule is O=C(Cc1cccc(F)c1)N1CCCCC1c1nc(-c2ccncc2)no1. The van der Waals surface area contributed by atoms with Crippen LogP contribution in [0.5, 0.6) is 0 Å². The fourth-order valence-corrected chi connectivity index (χ4v) is 3.40. The van der Waals surface area contributed by atoms with E-state index in [1.54, 1.807) is 29.4 Å². The van der Waals surface area contributed by atoms with Gasteiger partial charge in [-0.1, -0.05) is 17.3 Å². The van der Waals surface area contributed by atoms with Crippen molar-refractivity contribution < 1.29 is 13.7 Å². The van der Waals surface area contributed by atoms with Gasteiger partial charge in [-0.05, 0) is 49.1 Å². The number of benzene rings is 1. The molecule has 1 fully saturated rings. The lowest BCUT2D eigenvalue weighted by Crippen LogP contribution is -2.39. The minimum Gasteiger partial charge on any atom is -0.337 e. The number of likely N-dealkylation sites (tertiary alicyclic amines) is 1. The largest absolute Gasteiger partial charge is 0.337 e. The van der Waals surface area contributed by atoms with E-state index in [1.165, 1.54) is 12.1 Å². The van der Waals surface area contributed by atoms with Gasteiger partial charge in [0.2, 0.25) is 17.6 Å². The molecule has 1 saturated heterocycles. The number of rotatable bonds is 4. The number of pyridine rings is 1. The zero-order chi connectivity index (χ0) is 18.6. The van der Waals surface area contributed by atoms with E-state index in [1.807, 2.05) is 12.1 Å². The van der Waals surface area contributed by atoms with E-state index in [9.17, 15) is 9.18 Å². The third-order valence-corrected chi connectivity index (χ3v) is 4.73. The molecule has 1 aliphatic rings. The third-order valence-electron chi connectivity index (χ3n) is 4.73. The summed E-state index contributed by atoms with van der Waals surface area (Å²) < 4.78 is 18.9. The van der Waals surface area contributed by atoms with Gasteiger partial charge in [-0.25, -0.2) is 4.39 Å². The molecule has 7 heteroatoms. The van der Waals surface area contributed by atoms with Crippen molar-refractivity contribution in [2.75, 3.05) is 6.54 Å². The Hall–Kier alpha value is -3.09. The molecule has 0 bridgehead atoms. The molecule has 1 amide bonds. The molecule has 4 rings (SSSR count). The average Bonchev–Trinajstić information content (AvgIpc) is 3.19. The van der Waals surface area contributed by atoms with Gasteiger partial charge < -0.3 is 9.42 Å². The van der Waals surface area contributed by atoms with E-state index < -0.39 is 0 Å². The van der Waals surface area contributed by atoms with Crippen LogP contribution in [0.3, 0.4) is 0 Å². The van der Waals surface area contributed by atoms with Gasteiger partial charge in [0.05, 0.1) is 6.42 Å². The van der Waals surface area contributed by atoms with Crippen LogP contribution in [-0.2, 0) is 11.2 Å². The van der Waals surface area contributed by atoms with E-state index in [4.69, 9.17) is 4.52 Å². The number of nitrogens with zero attached hydrogens (tertiary/aromatic N) is 4. The summed E-state index contributed by atoms with van der Waals surface area (Å²) in [7, 11) is 0. The minimum absolute atomic E-state index is 0.0611. The summed E-state index contributed by atoms with van der Waals surface area (Å²) in [6.45, 7) is 0.631. The fraction of sp³-hybridized carbons (Fsp3) is 0.300. The van der Waals surface area contributed by atoms with Crippen molar-refractivity contribution in [1.82, 2.24) is 20.0 Å². The highest BCUT2D eigenvalue weighted by Gasteiger charge is 2.32. The van der Waals surface area contributed by atoms with Crippen LogP contribution < -0.4 is 0 Å². The molecule has 2 aromatic heterocycles. The first-order chi connectivity index (χ1) is 13.2. The number of carbonyl (C=O) groups is 1. The van der Waals surface area contributed by atoms with Crippen LogP contribution in [0.4, 0.5) is 4.39 Å². The Labute approximate surface area is 156 Å². The van der Waals surface area contributed by atoms with Gasteiger partial charge in [0.1, 0.15) is 11.9 Å². The molecular formula is C20H19FN4O2. The van der Waals surface area contributed by atoms with Crippen molar-refractivity contribution in [3.8, 4) is 11.4 Å². The van der Waals surface area contributed by atoms with Gasteiger partial charge in [0, 0.05) is 24.5 Å². The highest BCUT2D eigenvalue weighted by atomic mass is 19.1. The maximum Gasteiger partial charge on any atom is 0.249 e. The van der Waals surface area contributed by atoms with E-state index in [2.05, 4.69) is 15.1 Å². The highest BCUT2D eigenvalue weighted by molar-refractivity contribution is 5.79. The maximum atomic E-state index is 13.4. The zero-order valence-corrected chi connectivity index (χ0v) is 14.7. The van der Waals surface area contributed by atoms with E-state index in [0.717, 1.165) is 24.8 Å². The quantitative estimate of drug-likeness (QED) is 0.706. The van der Waals surface area contributed by atoms with Gasteiger partial charge in [-0.3, -0.25) is 9.78 Å². The van der Waals surface area contributed by atoms with Gasteiger partial charge in [-0.2, -0.15) is 4.98 Å². The van der Waals surface area contributed by atoms with Crippen LogP contribution in [0.15, 0.2) is 53.3 Å². The molecule has 0 aliphatic carbocycles. The predicted octanol–water partition coefficient (Wildman–Crippen LogP) is 3.57. The molecule has 0 N–H and O–H groups in total. The monoisotopic (exact) mass is 366 g/mol. The Morgan fingerprint density at radius 1 is 1.22 bits per heavy atom. The second-order valence-electron chi connectivity index (χ2n) is 6.60. The standard InChI is InChI=1S/C20H19FN4O2/c21-16-5-3-4-14(12-16)13-18(26)25-11-2-1-6-17(25)20-23-19(24-27-20)15-7-9-22-10-8-15/h3-5,7-10,12,17H,1-2,6,11,13H2. The Morgan fingerprint density at radius 2 is 2.07 bits per heavy atom. The van der Waals surface area contributed by atoms with Crippen LogP contribution >= 0.6 is 0 Å². The summed E-state index contributed by atoms with van der Waals surface area (Å²) in [4.78, 5) is 23.1. The van der Waals surface area contributed by atoms with Crippen LogP contribution in [0.1, 0.15) is 36.8 Å². The van der Waals surface area contributed by atoms with Crippen molar-refractivity contribution in [3.63, 3.8) is 0 Å². The molecule has 1 atom stereocenters. The Bertz CT molecular complexity index is 928. The molecule has 1 aromatic carbocycles. The first-order valence-electron chi connectivity index (χ1n) is 8.98. The molecule has 27 heavy (non-hydrogen) atoms. The van der Waals surface area contributed by atoms with Gasteiger partial charge >= 0.3 is 0 Å². The number of aromatic nitrogens is 3. The molecule has 1 aliphatic heterocycles. The topological polar surface area (TPSA) is 72.1 Å². The second-order valence-corrected chi connectivity index (χ2v) is 6.60. The number of piperidine rings is 1. The molecule has 3 heterocycles. The molecule has 0 spiro atoms. The number of amides is 1. The molecule has 138 valence electrons. The lowest BCUT2D eigenvalue weighted by molar-refractivity contribution is -0.135. The molecule has 1 unspecified atom stereocenters. The zero-order valence-electron chi connectivity index (χ0n) is 14.7. The highest BCUT2D eigenvalue weighted by Crippen LogP contribution is 2.31. The number of carbonyl (C=O) groups excluding carboxylic acids is 1. The molecule has 0 saturated carbocycles. The van der Waals surface area contributed by atoms with Gasteiger partial charge in [0.15, 0.2) is 0 Å². The summed E-state index contributed by atoms with van der Waals surface area (Å²) in [5.41, 5.74) is 1.47. The fourth-order valence-electron chi connectivity index (χ4n) is 3.40. The van der Waals surface area contributed by atoms with Crippen molar-refractivity contribution in [2.45, 2.75) is 31.7 Å². The third kappa shape index (κ3) is 3.86. The number of halogens is 1. The van der Waals surface area contributed by atoms with E-state index in [0.29, 0.717) is 23.8 Å². The van der Waals surface area contributed by atoms with Crippen molar-refractivity contribution >= 4 is 5.91 Å². The molecule has 0 radical (unpaired) electrons. The van der Waals surface area contributed by atoms with Crippen molar-refractivity contribution in [3.05, 3.63) is 66.1 Å². The van der Waals surface area contributed by atoms with E-state index >= 15 is 0 Å². The average molecular weight is 366 g/mol. The van der Waals surface area contributed by atoms with E-state index in [-0.39, 0.29) is 24.2 Å². The summed E-state index contributed by atoms with van der Waals surface area (Å²) in [5, 5.41) is 4.05. The first-order valence-corrected chi connectivity index (χ1v) is 8.98. The summed E-state index contributed by atoms with van der Waals surface area (Å²) in [6, 6.07) is 9.51. The normalized spacial score (nSPS) is 17.1. The summed E-state index contributed by atoms with van der Waals surface area (Å²) in [6.07, 6.45) is 6.17. The second kappa shape index (κ2) is 7.65. The van der Waals surface area contributed by atoms with Gasteiger partial charge in [0.25, 0.3) is 0 Å². The molecular weight excluding hydrogens is 347 g/mol. The minimum atomic E-state index is -0.339. The smallest absolute Gasteiger partial charge is 0.249 e.